The van der Waals surface area contributed by atoms with Gasteiger partial charge in [-0.15, -0.1) is 11.3 Å². The molecule has 0 aliphatic heterocycles. The minimum Gasteiger partial charge on any atom is -0.352 e. The van der Waals surface area contributed by atoms with Crippen LogP contribution in [0.25, 0.3) is 10.2 Å². The molecule has 0 aliphatic carbocycles. The molecule has 0 aliphatic rings. The molecule has 5 nitrogen and oxygen atoms in total. The van der Waals surface area contributed by atoms with Crippen molar-refractivity contribution in [3.63, 3.8) is 0 Å². The first kappa shape index (κ1) is 15.6. The first-order valence-corrected chi connectivity index (χ1v) is 8.44. The topological polar surface area (TPSA) is 67.8 Å². The zero-order valence-electron chi connectivity index (χ0n) is 13.2. The maximum absolute atomic E-state index is 12.3. The Balaban J connectivity index is 1.63. The van der Waals surface area contributed by atoms with Crippen molar-refractivity contribution in [1.82, 2.24) is 20.3 Å². The first-order valence-electron chi connectivity index (χ1n) is 7.62. The van der Waals surface area contributed by atoms with Crippen LogP contribution in [0.5, 0.6) is 0 Å². The zero-order valence-corrected chi connectivity index (χ0v) is 14.0. The van der Waals surface area contributed by atoms with Crippen LogP contribution >= 0.6 is 11.3 Å². The predicted molar refractivity (Wildman–Crippen MR) is 91.8 cm³/mol. The van der Waals surface area contributed by atoms with Crippen molar-refractivity contribution < 1.29 is 4.79 Å². The monoisotopic (exact) mass is 326 g/mol. The molecule has 0 spiro atoms. The van der Waals surface area contributed by atoms with E-state index >= 15 is 0 Å². The summed E-state index contributed by atoms with van der Waals surface area (Å²) in [6, 6.07) is 8.06. The molecule has 6 heteroatoms. The van der Waals surface area contributed by atoms with Gasteiger partial charge in [-0.2, -0.15) is 0 Å². The number of aromatic nitrogens is 3. The normalized spacial score (nSPS) is 10.9. The second-order valence-corrected chi connectivity index (χ2v) is 6.33. The number of nitrogens with zero attached hydrogens (tertiary/aromatic N) is 3. The number of aryl methyl sites for hydroxylation is 2. The number of nitrogens with one attached hydrogen (secondary N) is 1. The highest BCUT2D eigenvalue weighted by Gasteiger charge is 2.12. The maximum atomic E-state index is 12.3. The minimum absolute atomic E-state index is 0.122. The van der Waals surface area contributed by atoms with Crippen LogP contribution in [0.2, 0.25) is 0 Å². The molecule has 0 unspecified atom stereocenters. The number of rotatable bonds is 5. The van der Waals surface area contributed by atoms with Gasteiger partial charge in [0.15, 0.2) is 0 Å². The van der Waals surface area contributed by atoms with Gasteiger partial charge in [0.2, 0.25) is 0 Å². The molecular weight excluding hydrogens is 308 g/mol. The highest BCUT2D eigenvalue weighted by molar-refractivity contribution is 7.18. The van der Waals surface area contributed by atoms with Gasteiger partial charge in [0.05, 0.1) is 26.5 Å². The maximum Gasteiger partial charge on any atom is 0.254 e. The molecule has 2 aromatic heterocycles. The van der Waals surface area contributed by atoms with E-state index in [1.807, 2.05) is 32.0 Å². The Morgan fingerprint density at radius 3 is 2.87 bits per heavy atom. The number of thiazole rings is 1. The van der Waals surface area contributed by atoms with Crippen molar-refractivity contribution in [1.29, 1.82) is 0 Å². The third-order valence-electron chi connectivity index (χ3n) is 3.53. The van der Waals surface area contributed by atoms with Crippen LogP contribution in [0.3, 0.4) is 0 Å². The van der Waals surface area contributed by atoms with E-state index in [1.54, 1.807) is 17.5 Å². The highest BCUT2D eigenvalue weighted by Crippen LogP contribution is 2.21. The smallest absolute Gasteiger partial charge is 0.254 e. The summed E-state index contributed by atoms with van der Waals surface area (Å²) >= 11 is 1.67. The van der Waals surface area contributed by atoms with Crippen molar-refractivity contribution in [2.45, 2.75) is 26.7 Å². The summed E-state index contributed by atoms with van der Waals surface area (Å²) in [5, 5.41) is 3.96. The third-order valence-corrected chi connectivity index (χ3v) is 4.63. The van der Waals surface area contributed by atoms with E-state index in [0.29, 0.717) is 24.4 Å². The lowest BCUT2D eigenvalue weighted by Crippen LogP contribution is -2.27. The van der Waals surface area contributed by atoms with Gasteiger partial charge < -0.3 is 5.32 Å². The molecular formula is C17H18N4OS. The van der Waals surface area contributed by atoms with Gasteiger partial charge in [-0.25, -0.2) is 15.0 Å². The Kier molecular flexibility index (Phi) is 4.62. The highest BCUT2D eigenvalue weighted by atomic mass is 32.1. The van der Waals surface area contributed by atoms with Gasteiger partial charge in [-0.3, -0.25) is 4.79 Å². The van der Waals surface area contributed by atoms with Crippen LogP contribution in [0.15, 0.2) is 30.5 Å². The molecule has 23 heavy (non-hydrogen) atoms. The van der Waals surface area contributed by atoms with Crippen LogP contribution < -0.4 is 5.32 Å². The van der Waals surface area contributed by atoms with E-state index in [4.69, 9.17) is 0 Å². The summed E-state index contributed by atoms with van der Waals surface area (Å²) in [4.78, 5) is 25.3. The van der Waals surface area contributed by atoms with Crippen molar-refractivity contribution in [3.8, 4) is 0 Å². The Morgan fingerprint density at radius 1 is 1.26 bits per heavy atom. The van der Waals surface area contributed by atoms with E-state index in [1.165, 1.54) is 4.70 Å². The number of para-hydroxylation sites is 1. The van der Waals surface area contributed by atoms with Gasteiger partial charge in [0, 0.05) is 19.2 Å². The Bertz CT molecular complexity index is 810. The van der Waals surface area contributed by atoms with Crippen molar-refractivity contribution >= 4 is 27.5 Å². The number of benzene rings is 1. The standard InChI is InChI=1S/C17H18N4OS/c1-3-13-12(10-19-11(2)20-13)17(22)18-9-8-16-21-14-6-4-5-7-15(14)23-16/h4-7,10H,3,8-9H2,1-2H3,(H,18,22). The van der Waals surface area contributed by atoms with Gasteiger partial charge in [-0.1, -0.05) is 19.1 Å². The molecule has 2 heterocycles. The molecule has 0 saturated heterocycles. The van der Waals surface area contributed by atoms with Crippen LogP contribution in [-0.2, 0) is 12.8 Å². The van der Waals surface area contributed by atoms with E-state index in [0.717, 1.165) is 22.6 Å². The Morgan fingerprint density at radius 2 is 2.09 bits per heavy atom. The first-order chi connectivity index (χ1) is 11.2. The average molecular weight is 326 g/mol. The largest absolute Gasteiger partial charge is 0.352 e. The van der Waals surface area contributed by atoms with Crippen molar-refractivity contribution in [2.24, 2.45) is 0 Å². The quantitative estimate of drug-likeness (QED) is 0.783. The van der Waals surface area contributed by atoms with Crippen molar-refractivity contribution in [3.05, 3.63) is 52.6 Å². The third kappa shape index (κ3) is 3.53. The summed E-state index contributed by atoms with van der Waals surface area (Å²) < 4.78 is 1.18. The molecule has 0 saturated carbocycles. The molecule has 1 aromatic carbocycles. The average Bonchev–Trinajstić information content (AvgIpc) is 2.97. The number of hydrogen-bond donors (Lipinski definition) is 1. The second kappa shape index (κ2) is 6.83. The van der Waals surface area contributed by atoms with Gasteiger partial charge in [-0.05, 0) is 25.5 Å². The molecule has 118 valence electrons. The molecule has 1 amide bonds. The predicted octanol–water partition coefficient (Wildman–Crippen LogP) is 2.93. The number of carbonyl (C=O) groups excluding carboxylic acids is 1. The lowest BCUT2D eigenvalue weighted by Gasteiger charge is -2.08. The molecule has 1 N–H and O–H groups in total. The number of fused-ring (bicyclic) bond motifs is 1. The molecule has 0 bridgehead atoms. The lowest BCUT2D eigenvalue weighted by atomic mass is 10.1. The van der Waals surface area contributed by atoms with E-state index in [2.05, 4.69) is 26.3 Å². The molecule has 0 fully saturated rings. The SMILES string of the molecule is CCc1nc(C)ncc1C(=O)NCCc1nc2ccccc2s1. The Hall–Kier alpha value is -2.34. The summed E-state index contributed by atoms with van der Waals surface area (Å²) in [5.74, 6) is 0.566. The fourth-order valence-corrected chi connectivity index (χ4v) is 3.35. The molecule has 3 aromatic rings. The summed E-state index contributed by atoms with van der Waals surface area (Å²) in [6.07, 6.45) is 3.04. The van der Waals surface area contributed by atoms with Gasteiger partial charge in [0.1, 0.15) is 5.82 Å². The summed E-state index contributed by atoms with van der Waals surface area (Å²) in [7, 11) is 0. The van der Waals surface area contributed by atoms with Crippen molar-refractivity contribution in [2.75, 3.05) is 6.54 Å². The van der Waals surface area contributed by atoms with E-state index < -0.39 is 0 Å². The minimum atomic E-state index is -0.122. The van der Waals surface area contributed by atoms with E-state index in [9.17, 15) is 4.79 Å². The summed E-state index contributed by atoms with van der Waals surface area (Å²) in [6.45, 7) is 4.36. The van der Waals surface area contributed by atoms with E-state index in [-0.39, 0.29) is 5.91 Å². The lowest BCUT2D eigenvalue weighted by molar-refractivity contribution is 0.0952. The molecule has 0 atom stereocenters. The zero-order chi connectivity index (χ0) is 16.2. The van der Waals surface area contributed by atoms with Crippen LogP contribution in [0.1, 0.15) is 33.8 Å². The fourth-order valence-electron chi connectivity index (χ4n) is 2.38. The fraction of sp³-hybridized carbons (Fsp3) is 0.294. The number of amides is 1. The van der Waals surface area contributed by atoms with Gasteiger partial charge >= 0.3 is 0 Å². The number of hydrogen-bond acceptors (Lipinski definition) is 5. The van der Waals surface area contributed by atoms with Crippen LogP contribution in [0.4, 0.5) is 0 Å². The molecule has 0 radical (unpaired) electrons. The summed E-state index contributed by atoms with van der Waals surface area (Å²) in [5.41, 5.74) is 2.36. The van der Waals surface area contributed by atoms with Crippen LogP contribution in [-0.4, -0.2) is 27.4 Å². The second-order valence-electron chi connectivity index (χ2n) is 5.21. The van der Waals surface area contributed by atoms with Crippen LogP contribution in [0, 0.1) is 6.92 Å². The Labute approximate surface area is 138 Å². The number of carbonyl (C=O) groups is 1. The molecule has 3 rings (SSSR count). The van der Waals surface area contributed by atoms with Gasteiger partial charge in [0.25, 0.3) is 5.91 Å².